The standard InChI is InChI=1S/C17H29F3N6O/c1-21-16(25-10-12-26(2)11-5-13-27-3)24-9-8-23-15-14(17(18,19)20)6-4-7-22-15/h4,6-7H,5,8-13H2,1-3H3,(H,22,23)(H2,21,24,25). The Morgan fingerprint density at radius 2 is 1.96 bits per heavy atom. The minimum atomic E-state index is -4.43. The lowest BCUT2D eigenvalue weighted by molar-refractivity contribution is -0.137. The van der Waals surface area contributed by atoms with Crippen molar-refractivity contribution in [3.8, 4) is 0 Å². The van der Waals surface area contributed by atoms with E-state index < -0.39 is 11.7 Å². The number of pyridine rings is 1. The summed E-state index contributed by atoms with van der Waals surface area (Å²) in [6.07, 6.45) is -2.13. The molecule has 0 aliphatic heterocycles. The van der Waals surface area contributed by atoms with Crippen molar-refractivity contribution in [2.45, 2.75) is 12.6 Å². The van der Waals surface area contributed by atoms with Gasteiger partial charge in [-0.05, 0) is 25.6 Å². The molecule has 3 N–H and O–H groups in total. The summed E-state index contributed by atoms with van der Waals surface area (Å²) < 4.78 is 43.7. The predicted octanol–water partition coefficient (Wildman–Crippen LogP) is 1.65. The van der Waals surface area contributed by atoms with Gasteiger partial charge >= 0.3 is 6.18 Å². The summed E-state index contributed by atoms with van der Waals surface area (Å²) in [5, 5.41) is 8.93. The van der Waals surface area contributed by atoms with Crippen LogP contribution in [-0.2, 0) is 10.9 Å². The number of nitrogens with zero attached hydrogens (tertiary/aromatic N) is 3. The molecule has 0 radical (unpaired) electrons. The van der Waals surface area contributed by atoms with E-state index in [-0.39, 0.29) is 12.4 Å². The van der Waals surface area contributed by atoms with Crippen LogP contribution >= 0.6 is 0 Å². The number of aromatic nitrogens is 1. The van der Waals surface area contributed by atoms with Gasteiger partial charge in [-0.2, -0.15) is 13.2 Å². The highest BCUT2D eigenvalue weighted by Crippen LogP contribution is 2.33. The van der Waals surface area contributed by atoms with Crippen LogP contribution in [0.25, 0.3) is 0 Å². The number of halogens is 3. The number of likely N-dealkylation sites (N-methyl/N-ethyl adjacent to an activating group) is 1. The van der Waals surface area contributed by atoms with Crippen LogP contribution in [0.2, 0.25) is 0 Å². The first-order valence-corrected chi connectivity index (χ1v) is 8.76. The molecule has 0 bridgehead atoms. The minimum Gasteiger partial charge on any atom is -0.385 e. The highest BCUT2D eigenvalue weighted by molar-refractivity contribution is 5.79. The van der Waals surface area contributed by atoms with Gasteiger partial charge in [0.1, 0.15) is 5.82 Å². The maximum absolute atomic E-state index is 12.9. The highest BCUT2D eigenvalue weighted by atomic mass is 19.4. The van der Waals surface area contributed by atoms with E-state index in [1.807, 2.05) is 7.05 Å². The Morgan fingerprint density at radius 3 is 2.63 bits per heavy atom. The van der Waals surface area contributed by atoms with Crippen molar-refractivity contribution >= 4 is 11.8 Å². The Morgan fingerprint density at radius 1 is 1.22 bits per heavy atom. The Balaban J connectivity index is 2.29. The summed E-state index contributed by atoms with van der Waals surface area (Å²) in [4.78, 5) is 10.0. The number of alkyl halides is 3. The summed E-state index contributed by atoms with van der Waals surface area (Å²) in [5.41, 5.74) is -0.774. The van der Waals surface area contributed by atoms with Gasteiger partial charge in [0.25, 0.3) is 0 Å². The lowest BCUT2D eigenvalue weighted by Gasteiger charge is -2.18. The van der Waals surface area contributed by atoms with Gasteiger partial charge in [0.05, 0.1) is 5.56 Å². The van der Waals surface area contributed by atoms with E-state index in [2.05, 4.69) is 30.8 Å². The van der Waals surface area contributed by atoms with Gasteiger partial charge in [-0.15, -0.1) is 0 Å². The molecule has 1 aromatic heterocycles. The Bertz CT molecular complexity index is 568. The number of methoxy groups -OCH3 is 1. The number of aliphatic imine (C=N–C) groups is 1. The average Bonchev–Trinajstić information content (AvgIpc) is 2.63. The fourth-order valence-electron chi connectivity index (χ4n) is 2.31. The summed E-state index contributed by atoms with van der Waals surface area (Å²) in [7, 11) is 5.36. The lowest BCUT2D eigenvalue weighted by Crippen LogP contribution is -2.42. The fourth-order valence-corrected chi connectivity index (χ4v) is 2.31. The molecule has 10 heteroatoms. The van der Waals surface area contributed by atoms with E-state index in [4.69, 9.17) is 4.74 Å². The minimum absolute atomic E-state index is 0.174. The SMILES string of the molecule is CN=C(NCCNc1ncccc1C(F)(F)F)NCCN(C)CCCOC. The summed E-state index contributed by atoms with van der Waals surface area (Å²) >= 11 is 0. The normalized spacial score (nSPS) is 12.3. The Labute approximate surface area is 158 Å². The number of nitrogens with one attached hydrogen (secondary N) is 3. The molecule has 0 amide bonds. The average molecular weight is 390 g/mol. The fraction of sp³-hybridized carbons (Fsp3) is 0.647. The Kier molecular flexibility index (Phi) is 10.5. The highest BCUT2D eigenvalue weighted by Gasteiger charge is 2.33. The van der Waals surface area contributed by atoms with Crippen LogP contribution in [-0.4, -0.2) is 76.4 Å². The van der Waals surface area contributed by atoms with Gasteiger partial charge in [0.2, 0.25) is 0 Å². The largest absolute Gasteiger partial charge is 0.419 e. The molecule has 0 aliphatic carbocycles. The molecule has 0 unspecified atom stereocenters. The number of guanidine groups is 1. The van der Waals surface area contributed by atoms with E-state index in [0.29, 0.717) is 19.0 Å². The Hall–Kier alpha value is -2.07. The van der Waals surface area contributed by atoms with Crippen molar-refractivity contribution in [2.24, 2.45) is 4.99 Å². The number of anilines is 1. The second-order valence-electron chi connectivity index (χ2n) is 5.90. The van der Waals surface area contributed by atoms with Gasteiger partial charge in [-0.1, -0.05) is 0 Å². The third-order valence-electron chi connectivity index (χ3n) is 3.72. The molecule has 7 nitrogen and oxygen atoms in total. The molecule has 0 atom stereocenters. The van der Waals surface area contributed by atoms with Crippen LogP contribution in [0.15, 0.2) is 23.3 Å². The molecule has 0 saturated heterocycles. The quantitative estimate of drug-likeness (QED) is 0.303. The third-order valence-corrected chi connectivity index (χ3v) is 3.72. The molecular formula is C17H29F3N6O. The molecule has 0 spiro atoms. The maximum Gasteiger partial charge on any atom is 0.419 e. The first-order chi connectivity index (χ1) is 12.9. The monoisotopic (exact) mass is 390 g/mol. The topological polar surface area (TPSA) is 73.8 Å². The van der Waals surface area contributed by atoms with Gasteiger partial charge in [0, 0.05) is 59.7 Å². The number of ether oxygens (including phenoxy) is 1. The second-order valence-corrected chi connectivity index (χ2v) is 5.90. The maximum atomic E-state index is 12.9. The lowest BCUT2D eigenvalue weighted by atomic mass is 10.2. The van der Waals surface area contributed by atoms with Gasteiger partial charge in [-0.25, -0.2) is 4.98 Å². The van der Waals surface area contributed by atoms with Gasteiger partial charge in [0.15, 0.2) is 5.96 Å². The van der Waals surface area contributed by atoms with Crippen LogP contribution in [0.1, 0.15) is 12.0 Å². The number of rotatable bonds is 11. The van der Waals surface area contributed by atoms with Crippen LogP contribution in [0, 0.1) is 0 Å². The summed E-state index contributed by atoms with van der Waals surface area (Å²) in [6.45, 7) is 3.90. The second kappa shape index (κ2) is 12.3. The molecule has 1 heterocycles. The van der Waals surface area contributed by atoms with Crippen molar-refractivity contribution in [1.29, 1.82) is 0 Å². The number of hydrogen-bond donors (Lipinski definition) is 3. The number of hydrogen-bond acceptors (Lipinski definition) is 5. The van der Waals surface area contributed by atoms with Crippen molar-refractivity contribution in [3.05, 3.63) is 23.9 Å². The molecule has 0 fully saturated rings. The zero-order valence-corrected chi connectivity index (χ0v) is 16.1. The van der Waals surface area contributed by atoms with Crippen molar-refractivity contribution in [1.82, 2.24) is 20.5 Å². The van der Waals surface area contributed by atoms with Crippen molar-refractivity contribution < 1.29 is 17.9 Å². The molecule has 1 aromatic rings. The van der Waals surface area contributed by atoms with E-state index in [1.165, 1.54) is 12.3 Å². The zero-order valence-electron chi connectivity index (χ0n) is 16.1. The summed E-state index contributed by atoms with van der Waals surface area (Å²) in [6, 6.07) is 2.27. The first kappa shape index (κ1) is 23.0. The van der Waals surface area contributed by atoms with Crippen molar-refractivity contribution in [2.75, 3.05) is 65.9 Å². The van der Waals surface area contributed by atoms with E-state index in [1.54, 1.807) is 14.2 Å². The van der Waals surface area contributed by atoms with Gasteiger partial charge < -0.3 is 25.6 Å². The van der Waals surface area contributed by atoms with Gasteiger partial charge in [-0.3, -0.25) is 4.99 Å². The predicted molar refractivity (Wildman–Crippen MR) is 101 cm³/mol. The molecule has 0 saturated carbocycles. The molecule has 27 heavy (non-hydrogen) atoms. The first-order valence-electron chi connectivity index (χ1n) is 8.76. The van der Waals surface area contributed by atoms with E-state index in [9.17, 15) is 13.2 Å². The summed E-state index contributed by atoms with van der Waals surface area (Å²) in [5.74, 6) is 0.423. The van der Waals surface area contributed by atoms with Crippen molar-refractivity contribution in [3.63, 3.8) is 0 Å². The molecule has 0 aromatic carbocycles. The molecule has 1 rings (SSSR count). The molecule has 0 aliphatic rings. The van der Waals surface area contributed by atoms with Crippen LogP contribution in [0.4, 0.5) is 19.0 Å². The molecule has 154 valence electrons. The third kappa shape index (κ3) is 9.43. The van der Waals surface area contributed by atoms with E-state index >= 15 is 0 Å². The smallest absolute Gasteiger partial charge is 0.385 e. The van der Waals surface area contributed by atoms with Crippen LogP contribution in [0.5, 0.6) is 0 Å². The van der Waals surface area contributed by atoms with Crippen LogP contribution in [0.3, 0.4) is 0 Å². The van der Waals surface area contributed by atoms with E-state index in [0.717, 1.165) is 32.2 Å². The zero-order chi connectivity index (χ0) is 20.1. The molecular weight excluding hydrogens is 361 g/mol. The van der Waals surface area contributed by atoms with Crippen LogP contribution < -0.4 is 16.0 Å².